The molecule has 2 N–H and O–H groups in total. The molecule has 7 nitrogen and oxygen atoms in total. The van der Waals surface area contributed by atoms with Crippen LogP contribution in [0.1, 0.15) is 22.3 Å². The molecule has 0 aliphatic carbocycles. The molecule has 0 amide bonds. The van der Waals surface area contributed by atoms with Gasteiger partial charge < -0.3 is 19.7 Å². The van der Waals surface area contributed by atoms with E-state index in [0.717, 1.165) is 11.1 Å². The number of Topliss-reactive ketones (excluding diaryl/α,β-unsaturated/α-hetero) is 1. The summed E-state index contributed by atoms with van der Waals surface area (Å²) in [7, 11) is 1.81. The number of ether oxygens (including phenoxy) is 1. The van der Waals surface area contributed by atoms with Crippen molar-refractivity contribution in [2.24, 2.45) is 7.05 Å². The molecule has 2 heterocycles. The van der Waals surface area contributed by atoms with Crippen LogP contribution in [-0.4, -0.2) is 31.8 Å². The number of rotatable bonds is 7. The Morgan fingerprint density at radius 3 is 2.58 bits per heavy atom. The number of ketones is 1. The molecule has 0 aliphatic heterocycles. The molecular formula is C25H19F3N4O3S. The van der Waals surface area contributed by atoms with Crippen molar-refractivity contribution in [3.63, 3.8) is 0 Å². The molecule has 0 bridgehead atoms. The number of fused-ring (bicyclic) bond motifs is 2. The van der Waals surface area contributed by atoms with E-state index in [1.165, 1.54) is 29.5 Å². The molecule has 0 radical (unpaired) electrons. The summed E-state index contributed by atoms with van der Waals surface area (Å²) in [6, 6.07) is 16.0. The number of benzene rings is 3. The molecule has 5 aromatic rings. The van der Waals surface area contributed by atoms with Crippen LogP contribution >= 0.6 is 11.3 Å². The molecule has 0 saturated heterocycles. The molecule has 184 valence electrons. The van der Waals surface area contributed by atoms with Crippen molar-refractivity contribution in [2.75, 3.05) is 5.32 Å². The maximum atomic E-state index is 12.7. The molecule has 3 aromatic carbocycles. The summed E-state index contributed by atoms with van der Waals surface area (Å²) >= 11 is 1.17. The maximum absolute atomic E-state index is 12.7. The van der Waals surface area contributed by atoms with Crippen molar-refractivity contribution in [3.05, 3.63) is 71.8 Å². The minimum atomic E-state index is -4.77. The first-order chi connectivity index (χ1) is 17.1. The van der Waals surface area contributed by atoms with Crippen molar-refractivity contribution in [2.45, 2.75) is 19.2 Å². The highest BCUT2D eigenvalue weighted by Crippen LogP contribution is 2.33. The fourth-order valence-corrected chi connectivity index (χ4v) is 4.69. The van der Waals surface area contributed by atoms with Gasteiger partial charge >= 0.3 is 6.36 Å². The Bertz CT molecular complexity index is 1580. The van der Waals surface area contributed by atoms with E-state index in [1.807, 2.05) is 17.7 Å². The van der Waals surface area contributed by atoms with Gasteiger partial charge in [-0.15, -0.1) is 13.2 Å². The van der Waals surface area contributed by atoms with Gasteiger partial charge in [-0.2, -0.15) is 0 Å². The number of hydrogen-bond acceptors (Lipinski definition) is 7. The zero-order valence-electron chi connectivity index (χ0n) is 18.8. The zero-order valence-corrected chi connectivity index (χ0v) is 19.7. The number of alkyl halides is 3. The van der Waals surface area contributed by atoms with E-state index in [9.17, 15) is 23.1 Å². The van der Waals surface area contributed by atoms with Gasteiger partial charge in [0.1, 0.15) is 11.5 Å². The topological polar surface area (TPSA) is 89.3 Å². The number of nitrogens with zero attached hydrogens (tertiary/aromatic N) is 3. The van der Waals surface area contributed by atoms with Crippen LogP contribution in [-0.2, 0) is 13.5 Å². The van der Waals surface area contributed by atoms with Crippen LogP contribution in [0.5, 0.6) is 11.5 Å². The molecule has 0 aliphatic rings. The van der Waals surface area contributed by atoms with Gasteiger partial charge in [0.25, 0.3) is 0 Å². The van der Waals surface area contributed by atoms with E-state index in [4.69, 9.17) is 0 Å². The molecule has 5 rings (SSSR count). The molecule has 11 heteroatoms. The average molecular weight is 513 g/mol. The average Bonchev–Trinajstić information content (AvgIpc) is 3.37. The molecule has 0 unspecified atom stereocenters. The van der Waals surface area contributed by atoms with E-state index in [2.05, 4.69) is 20.0 Å². The number of aromatic hydroxyl groups is 1. The third-order valence-corrected chi connectivity index (χ3v) is 6.53. The van der Waals surface area contributed by atoms with Crippen LogP contribution in [0.2, 0.25) is 0 Å². The van der Waals surface area contributed by atoms with Crippen molar-refractivity contribution in [1.29, 1.82) is 0 Å². The number of halogens is 3. The van der Waals surface area contributed by atoms with Crippen LogP contribution in [0.15, 0.2) is 60.7 Å². The largest absolute Gasteiger partial charge is 0.573 e. The quantitative estimate of drug-likeness (QED) is 0.247. The number of thiazole rings is 1. The number of imidazole rings is 1. The molecule has 0 atom stereocenters. The normalized spacial score (nSPS) is 11.8. The highest BCUT2D eigenvalue weighted by molar-refractivity contribution is 7.22. The number of anilines is 2. The van der Waals surface area contributed by atoms with Crippen molar-refractivity contribution in [1.82, 2.24) is 14.5 Å². The molecule has 0 saturated carbocycles. The Balaban J connectivity index is 1.33. The summed E-state index contributed by atoms with van der Waals surface area (Å²) in [6.07, 6.45) is -3.89. The van der Waals surface area contributed by atoms with Gasteiger partial charge in [-0.05, 0) is 54.4 Å². The first kappa shape index (κ1) is 23.6. The fraction of sp³-hybridized carbons (Fsp3) is 0.160. The third-order valence-electron chi connectivity index (χ3n) is 5.59. The lowest BCUT2D eigenvalue weighted by molar-refractivity contribution is -0.274. The number of phenols is 1. The van der Waals surface area contributed by atoms with Gasteiger partial charge in [0.15, 0.2) is 10.9 Å². The predicted octanol–water partition coefficient (Wildman–Crippen LogP) is 6.35. The number of aryl methyl sites for hydroxylation is 2. The molecule has 0 spiro atoms. The van der Waals surface area contributed by atoms with Gasteiger partial charge in [-0.1, -0.05) is 23.5 Å². The summed E-state index contributed by atoms with van der Waals surface area (Å²) < 4.78 is 43.8. The van der Waals surface area contributed by atoms with Gasteiger partial charge in [-0.25, -0.2) is 9.97 Å². The van der Waals surface area contributed by atoms with E-state index in [-0.39, 0.29) is 17.3 Å². The number of hydrogen-bond donors (Lipinski definition) is 2. The van der Waals surface area contributed by atoms with Crippen molar-refractivity contribution in [3.8, 4) is 11.5 Å². The summed E-state index contributed by atoms with van der Waals surface area (Å²) in [6.45, 7) is 0. The second-order valence-electron chi connectivity index (χ2n) is 8.11. The van der Waals surface area contributed by atoms with Crippen LogP contribution < -0.4 is 10.1 Å². The number of carbonyl (C=O) groups is 1. The SMILES string of the molecule is Cn1c(Nc2nc3ccc(OC(F)(F)F)cc3s2)nc2cc(C(=O)CCc3ccc(O)cc3)ccc21. The van der Waals surface area contributed by atoms with Gasteiger partial charge in [0.05, 0.1) is 21.3 Å². The Morgan fingerprint density at radius 1 is 1.06 bits per heavy atom. The van der Waals surface area contributed by atoms with Gasteiger partial charge in [0.2, 0.25) is 5.95 Å². The van der Waals surface area contributed by atoms with Gasteiger partial charge in [-0.3, -0.25) is 4.79 Å². The van der Waals surface area contributed by atoms with E-state index < -0.39 is 6.36 Å². The lowest BCUT2D eigenvalue weighted by atomic mass is 10.0. The second-order valence-corrected chi connectivity index (χ2v) is 9.14. The summed E-state index contributed by atoms with van der Waals surface area (Å²) in [5, 5.41) is 13.0. The summed E-state index contributed by atoms with van der Waals surface area (Å²) in [5.41, 5.74) is 3.45. The molecule has 36 heavy (non-hydrogen) atoms. The minimum absolute atomic E-state index is 0.0202. The van der Waals surface area contributed by atoms with Crippen LogP contribution in [0.25, 0.3) is 21.3 Å². The number of carbonyl (C=O) groups excluding carboxylic acids is 1. The Hall–Kier alpha value is -4.12. The zero-order chi connectivity index (χ0) is 25.4. The van der Waals surface area contributed by atoms with Crippen LogP contribution in [0.4, 0.5) is 24.3 Å². The molecule has 2 aromatic heterocycles. The smallest absolute Gasteiger partial charge is 0.508 e. The number of phenolic OH excluding ortho intramolecular Hbond substituents is 1. The third kappa shape index (κ3) is 5.10. The predicted molar refractivity (Wildman–Crippen MR) is 131 cm³/mol. The van der Waals surface area contributed by atoms with E-state index in [1.54, 1.807) is 36.4 Å². The Kier molecular flexibility index (Phi) is 6.00. The van der Waals surface area contributed by atoms with Crippen LogP contribution in [0, 0.1) is 0 Å². The Labute approximate surface area is 206 Å². The highest BCUT2D eigenvalue weighted by Gasteiger charge is 2.31. The molecular weight excluding hydrogens is 493 g/mol. The fourth-order valence-electron chi connectivity index (χ4n) is 3.80. The number of nitrogens with one attached hydrogen (secondary N) is 1. The number of aromatic nitrogens is 3. The second kappa shape index (κ2) is 9.15. The first-order valence-corrected chi connectivity index (χ1v) is 11.7. The standard InChI is InChI=1S/C25H19F3N4O3S/c1-32-20-10-5-15(21(34)11-4-14-2-6-16(33)7-3-14)12-19(20)29-23(32)31-24-30-18-9-8-17(13-22(18)36-24)35-25(26,27)28/h2-3,5-10,12-13,33H,4,11H2,1H3,(H,29,30,31). The summed E-state index contributed by atoms with van der Waals surface area (Å²) in [5.74, 6) is 0.328. The first-order valence-electron chi connectivity index (χ1n) is 10.9. The lowest BCUT2D eigenvalue weighted by Crippen LogP contribution is -2.16. The van der Waals surface area contributed by atoms with Crippen LogP contribution in [0.3, 0.4) is 0 Å². The van der Waals surface area contributed by atoms with E-state index in [0.29, 0.717) is 45.2 Å². The monoisotopic (exact) mass is 512 g/mol. The highest BCUT2D eigenvalue weighted by atomic mass is 32.1. The maximum Gasteiger partial charge on any atom is 0.573 e. The summed E-state index contributed by atoms with van der Waals surface area (Å²) in [4.78, 5) is 21.7. The Morgan fingerprint density at radius 2 is 1.83 bits per heavy atom. The van der Waals surface area contributed by atoms with Gasteiger partial charge in [0, 0.05) is 25.1 Å². The molecule has 0 fully saturated rings. The van der Waals surface area contributed by atoms with E-state index >= 15 is 0 Å². The van der Waals surface area contributed by atoms with Crippen molar-refractivity contribution < 1.29 is 27.8 Å². The lowest BCUT2D eigenvalue weighted by Gasteiger charge is -2.07. The van der Waals surface area contributed by atoms with Crippen molar-refractivity contribution >= 4 is 49.4 Å². The minimum Gasteiger partial charge on any atom is -0.508 e.